The van der Waals surface area contributed by atoms with E-state index in [0.29, 0.717) is 22.6 Å². The molecule has 2 aromatic heterocycles. The number of ketones is 1. The van der Waals surface area contributed by atoms with Gasteiger partial charge in [-0.15, -0.1) is 0 Å². The molecule has 4 aromatic rings. The second-order valence-corrected chi connectivity index (χ2v) is 7.16. The maximum absolute atomic E-state index is 13.2. The number of aromatic nitrogens is 2. The molecule has 4 rings (SSSR count). The monoisotopic (exact) mass is 406 g/mol. The molecule has 0 fully saturated rings. The molecule has 144 valence electrons. The zero-order valence-corrected chi connectivity index (χ0v) is 16.3. The number of fused-ring (bicyclic) bond motifs is 1. The van der Waals surface area contributed by atoms with E-state index in [-0.39, 0.29) is 11.1 Å². The van der Waals surface area contributed by atoms with Crippen LogP contribution in [-0.4, -0.2) is 15.3 Å². The Hall–Kier alpha value is -3.31. The maximum Gasteiger partial charge on any atom is 0.202 e. The first-order valence-corrected chi connectivity index (χ1v) is 9.36. The zero-order chi connectivity index (χ0) is 20.5. The average Bonchev–Trinajstić information content (AvgIpc) is 2.71. The normalized spacial score (nSPS) is 11.0. The molecule has 2 aromatic carbocycles. The van der Waals surface area contributed by atoms with E-state index in [1.807, 2.05) is 25.1 Å². The average molecular weight is 407 g/mol. The van der Waals surface area contributed by atoms with Crippen LogP contribution in [0.1, 0.15) is 27.2 Å². The number of carbonyl (C=O) groups is 1. The second kappa shape index (κ2) is 7.60. The van der Waals surface area contributed by atoms with Crippen LogP contribution in [0.3, 0.4) is 0 Å². The van der Waals surface area contributed by atoms with Crippen LogP contribution in [0, 0.1) is 12.7 Å². The number of halogens is 2. The number of benzene rings is 2. The van der Waals surface area contributed by atoms with Crippen LogP contribution in [0.15, 0.2) is 71.7 Å². The highest BCUT2D eigenvalue weighted by Crippen LogP contribution is 2.20. The van der Waals surface area contributed by atoms with Gasteiger partial charge in [-0.3, -0.25) is 9.59 Å². The van der Waals surface area contributed by atoms with Crippen molar-refractivity contribution < 1.29 is 9.18 Å². The summed E-state index contributed by atoms with van der Waals surface area (Å²) in [5, 5.41) is 0.925. The molecule has 0 spiro atoms. The predicted octanol–water partition coefficient (Wildman–Crippen LogP) is 4.78. The molecular weight excluding hydrogens is 391 g/mol. The van der Waals surface area contributed by atoms with Crippen molar-refractivity contribution in [2.75, 3.05) is 0 Å². The van der Waals surface area contributed by atoms with Crippen LogP contribution >= 0.6 is 11.6 Å². The summed E-state index contributed by atoms with van der Waals surface area (Å²) in [7, 11) is 0. The van der Waals surface area contributed by atoms with Crippen molar-refractivity contribution in [1.82, 2.24) is 9.55 Å². The summed E-state index contributed by atoms with van der Waals surface area (Å²) in [5.74, 6) is -0.916. The van der Waals surface area contributed by atoms with Gasteiger partial charge in [-0.25, -0.2) is 9.37 Å². The van der Waals surface area contributed by atoms with E-state index in [0.717, 1.165) is 11.3 Å². The first-order chi connectivity index (χ1) is 13.9. The summed E-state index contributed by atoms with van der Waals surface area (Å²) in [6.45, 7) is 2.18. The van der Waals surface area contributed by atoms with Gasteiger partial charge in [0.2, 0.25) is 5.43 Å². The lowest BCUT2D eigenvalue weighted by atomic mass is 10.0. The molecule has 0 amide bonds. The fourth-order valence-electron chi connectivity index (χ4n) is 3.21. The minimum absolute atomic E-state index is 0.00168. The molecule has 0 unspecified atom stereocenters. The first-order valence-electron chi connectivity index (χ1n) is 8.98. The molecule has 0 aliphatic carbocycles. The van der Waals surface area contributed by atoms with Crippen LogP contribution in [0.25, 0.3) is 11.0 Å². The molecule has 0 N–H and O–H groups in total. The number of hydrogen-bond acceptors (Lipinski definition) is 3. The van der Waals surface area contributed by atoms with Gasteiger partial charge in [0.25, 0.3) is 0 Å². The summed E-state index contributed by atoms with van der Waals surface area (Å²) in [4.78, 5) is 30.5. The minimum atomic E-state index is -0.467. The van der Waals surface area contributed by atoms with Gasteiger partial charge in [0.05, 0.1) is 17.5 Å². The van der Waals surface area contributed by atoms with Gasteiger partial charge in [0.15, 0.2) is 5.78 Å². The molecule has 0 aliphatic rings. The van der Waals surface area contributed by atoms with E-state index in [1.54, 1.807) is 22.8 Å². The van der Waals surface area contributed by atoms with Crippen molar-refractivity contribution in [1.29, 1.82) is 0 Å². The molecule has 0 radical (unpaired) electrons. The third-order valence-electron chi connectivity index (χ3n) is 4.71. The van der Waals surface area contributed by atoms with Crippen LogP contribution in [0.5, 0.6) is 0 Å². The van der Waals surface area contributed by atoms with Crippen molar-refractivity contribution >= 4 is 28.4 Å². The van der Waals surface area contributed by atoms with Crippen LogP contribution in [0.2, 0.25) is 5.02 Å². The van der Waals surface area contributed by atoms with Gasteiger partial charge >= 0.3 is 0 Å². The SMILES string of the molecule is Cc1ccc2c(=O)c(C(=O)c3ccc(F)cc3)cn(Cc3ccccc3Cl)c2n1. The van der Waals surface area contributed by atoms with E-state index in [1.165, 1.54) is 30.5 Å². The molecule has 2 heterocycles. The topological polar surface area (TPSA) is 52.0 Å². The Balaban J connectivity index is 1.92. The molecule has 0 bridgehead atoms. The number of carbonyl (C=O) groups excluding carboxylic acids is 1. The van der Waals surface area contributed by atoms with Gasteiger partial charge in [0.1, 0.15) is 11.5 Å². The quantitative estimate of drug-likeness (QED) is 0.458. The second-order valence-electron chi connectivity index (χ2n) is 6.75. The Kier molecular flexibility index (Phi) is 4.99. The molecule has 0 atom stereocenters. The first kappa shape index (κ1) is 19.0. The number of nitrogens with zero attached hydrogens (tertiary/aromatic N) is 2. The Morgan fingerprint density at radius 3 is 2.52 bits per heavy atom. The maximum atomic E-state index is 13.2. The summed E-state index contributed by atoms with van der Waals surface area (Å²) in [6.07, 6.45) is 1.51. The molecule has 6 heteroatoms. The van der Waals surface area contributed by atoms with Crippen molar-refractivity contribution in [3.8, 4) is 0 Å². The third-order valence-corrected chi connectivity index (χ3v) is 5.08. The van der Waals surface area contributed by atoms with Gasteiger partial charge in [-0.1, -0.05) is 29.8 Å². The summed E-state index contributed by atoms with van der Waals surface area (Å²) in [5.41, 5.74) is 1.90. The zero-order valence-electron chi connectivity index (χ0n) is 15.5. The van der Waals surface area contributed by atoms with Gasteiger partial charge in [0, 0.05) is 22.5 Å². The standard InChI is InChI=1S/C23H16ClFN2O2/c1-14-6-11-18-22(29)19(21(28)15-7-9-17(25)10-8-15)13-27(23(18)26-14)12-16-4-2-3-5-20(16)24/h2-11,13H,12H2,1H3. The summed E-state index contributed by atoms with van der Waals surface area (Å²) >= 11 is 6.30. The largest absolute Gasteiger partial charge is 0.327 e. The van der Waals surface area contributed by atoms with Crippen molar-refractivity contribution in [2.24, 2.45) is 0 Å². The lowest BCUT2D eigenvalue weighted by Gasteiger charge is -2.14. The van der Waals surface area contributed by atoms with Crippen molar-refractivity contribution in [2.45, 2.75) is 13.5 Å². The number of aryl methyl sites for hydroxylation is 1. The smallest absolute Gasteiger partial charge is 0.202 e. The van der Waals surface area contributed by atoms with E-state index in [9.17, 15) is 14.0 Å². The number of pyridine rings is 2. The predicted molar refractivity (Wildman–Crippen MR) is 111 cm³/mol. The Morgan fingerprint density at radius 2 is 1.79 bits per heavy atom. The fraction of sp³-hybridized carbons (Fsp3) is 0.0870. The Morgan fingerprint density at radius 1 is 1.07 bits per heavy atom. The van der Waals surface area contributed by atoms with Crippen LogP contribution in [0.4, 0.5) is 4.39 Å². The van der Waals surface area contributed by atoms with Gasteiger partial charge < -0.3 is 4.57 Å². The number of rotatable bonds is 4. The van der Waals surface area contributed by atoms with Gasteiger partial charge in [-0.2, -0.15) is 0 Å². The third kappa shape index (κ3) is 3.69. The van der Waals surface area contributed by atoms with Gasteiger partial charge in [-0.05, 0) is 55.0 Å². The lowest BCUT2D eigenvalue weighted by Crippen LogP contribution is -2.21. The van der Waals surface area contributed by atoms with Crippen LogP contribution in [-0.2, 0) is 6.54 Å². The molecular formula is C23H16ClFN2O2. The molecule has 0 saturated carbocycles. The highest BCUT2D eigenvalue weighted by molar-refractivity contribution is 6.31. The van der Waals surface area contributed by atoms with E-state index < -0.39 is 17.0 Å². The fourth-order valence-corrected chi connectivity index (χ4v) is 3.40. The number of hydrogen-bond donors (Lipinski definition) is 0. The minimum Gasteiger partial charge on any atom is -0.327 e. The highest BCUT2D eigenvalue weighted by Gasteiger charge is 2.18. The summed E-state index contributed by atoms with van der Waals surface area (Å²) in [6, 6.07) is 15.9. The van der Waals surface area contributed by atoms with E-state index in [2.05, 4.69) is 4.98 Å². The van der Waals surface area contributed by atoms with Crippen molar-refractivity contribution in [3.63, 3.8) is 0 Å². The lowest BCUT2D eigenvalue weighted by molar-refractivity contribution is 0.103. The molecule has 0 saturated heterocycles. The van der Waals surface area contributed by atoms with Crippen molar-refractivity contribution in [3.05, 3.63) is 110 Å². The Labute approximate surface area is 171 Å². The van der Waals surface area contributed by atoms with E-state index >= 15 is 0 Å². The Bertz CT molecular complexity index is 1300. The molecule has 29 heavy (non-hydrogen) atoms. The summed E-state index contributed by atoms with van der Waals surface area (Å²) < 4.78 is 15.0. The highest BCUT2D eigenvalue weighted by atomic mass is 35.5. The molecule has 4 nitrogen and oxygen atoms in total. The van der Waals surface area contributed by atoms with Crippen LogP contribution < -0.4 is 5.43 Å². The van der Waals surface area contributed by atoms with E-state index in [4.69, 9.17) is 11.6 Å². The molecule has 0 aliphatic heterocycles.